The van der Waals surface area contributed by atoms with Gasteiger partial charge in [0.1, 0.15) is 0 Å². The topological polar surface area (TPSA) is 154 Å². The van der Waals surface area contributed by atoms with Crippen LogP contribution in [-0.4, -0.2) is 44.1 Å². The molecule has 0 fully saturated rings. The molecule has 14 heteroatoms. The molecule has 272 valence electrons. The summed E-state index contributed by atoms with van der Waals surface area (Å²) in [4.78, 5) is 57.5. The molecule has 4 aromatic carbocycles. The maximum atomic E-state index is 12.7. The molecule has 9 nitrogen and oxygen atoms in total. The normalized spacial score (nSPS) is 13.2. The number of ketones is 2. The van der Waals surface area contributed by atoms with Crippen molar-refractivity contribution in [1.82, 2.24) is 0 Å². The molecule has 0 saturated heterocycles. The van der Waals surface area contributed by atoms with E-state index >= 15 is 0 Å². The third kappa shape index (κ3) is 9.27. The summed E-state index contributed by atoms with van der Waals surface area (Å²) in [7, 11) is -7.91. The first-order valence-electron chi connectivity index (χ1n) is 15.9. The molecule has 51 heavy (non-hydrogen) atoms. The van der Waals surface area contributed by atoms with Gasteiger partial charge in [0.15, 0.2) is 11.6 Å². The van der Waals surface area contributed by atoms with Crippen LogP contribution in [0, 0.1) is 0 Å². The largest absolute Gasteiger partial charge is 0.289 e. The van der Waals surface area contributed by atoms with Crippen molar-refractivity contribution in [1.29, 1.82) is 0 Å². The van der Waals surface area contributed by atoms with Gasteiger partial charge in [0, 0.05) is 38.9 Å². The lowest BCUT2D eigenvalue weighted by Gasteiger charge is -2.19. The van der Waals surface area contributed by atoms with Gasteiger partial charge in [-0.1, -0.05) is 67.5 Å². The number of hydrogen-bond donors (Lipinski definition) is 0. The molecule has 0 amide bonds. The molecule has 0 saturated carbocycles. The van der Waals surface area contributed by atoms with Gasteiger partial charge in [0.25, 0.3) is 15.7 Å². The molecule has 0 unspecified atom stereocenters. The molecule has 2 aliphatic rings. The van der Waals surface area contributed by atoms with E-state index in [4.69, 9.17) is 34.8 Å². The minimum absolute atomic E-state index is 0.0428. The summed E-state index contributed by atoms with van der Waals surface area (Å²) in [5, 5.41) is -2.45. The van der Waals surface area contributed by atoms with Crippen molar-refractivity contribution < 1.29 is 40.8 Å². The van der Waals surface area contributed by atoms with Gasteiger partial charge in [0.2, 0.25) is 19.7 Å². The highest BCUT2D eigenvalue weighted by Gasteiger charge is 2.36. The Labute approximate surface area is 313 Å². The summed E-state index contributed by atoms with van der Waals surface area (Å²) in [5.74, 6) is -0.897. The van der Waals surface area contributed by atoms with Crippen molar-refractivity contribution in [3.63, 3.8) is 0 Å². The van der Waals surface area contributed by atoms with Crippen molar-refractivity contribution in [3.8, 4) is 0 Å². The minimum atomic E-state index is -4.09. The van der Waals surface area contributed by atoms with E-state index in [0.29, 0.717) is 0 Å². The lowest BCUT2D eigenvalue weighted by molar-refractivity contribution is 0.102. The standard InChI is InChI=1S/C15H6Cl2O5S.C14H7ClO4S.4C2H6/c16-14(19)7-1-3-9-11(5-7)23(21,22)12-6-8(15(17)20)2-4-10(12)13(9)18;15-14(17)8-5-6-10-12(7-8)20(18,19)11-4-2-1-3-9(11)13(10)16;4*1-2/h1-6H;1-7H;4*1-2H3. The first-order valence-corrected chi connectivity index (χ1v) is 20.0. The predicted molar refractivity (Wildman–Crippen MR) is 199 cm³/mol. The Morgan fingerprint density at radius 3 is 0.961 bits per heavy atom. The first-order chi connectivity index (χ1) is 24.2. The monoisotopic (exact) mass is 794 g/mol. The second-order valence-corrected chi connectivity index (χ2v) is 13.9. The minimum Gasteiger partial charge on any atom is -0.289 e. The smallest absolute Gasteiger partial charge is 0.252 e. The van der Waals surface area contributed by atoms with Crippen LogP contribution in [0.25, 0.3) is 0 Å². The van der Waals surface area contributed by atoms with Crippen molar-refractivity contribution in [3.05, 3.63) is 118 Å². The molecular weight excluding hydrogens is 759 g/mol. The highest BCUT2D eigenvalue weighted by atomic mass is 35.5. The zero-order valence-corrected chi connectivity index (χ0v) is 33.0. The number of hydrogen-bond acceptors (Lipinski definition) is 9. The Kier molecular flexibility index (Phi) is 17.3. The predicted octanol–water partition coefficient (Wildman–Crippen LogP) is 9.37. The van der Waals surface area contributed by atoms with E-state index in [9.17, 15) is 40.8 Å². The van der Waals surface area contributed by atoms with Gasteiger partial charge in [0.05, 0.1) is 19.6 Å². The maximum absolute atomic E-state index is 12.7. The van der Waals surface area contributed by atoms with E-state index in [-0.39, 0.29) is 64.3 Å². The third-order valence-corrected chi connectivity index (χ3v) is 11.0. The second-order valence-electron chi connectivity index (χ2n) is 9.12. The average Bonchev–Trinajstić information content (AvgIpc) is 3.16. The van der Waals surface area contributed by atoms with E-state index in [1.165, 1.54) is 48.5 Å². The van der Waals surface area contributed by atoms with Gasteiger partial charge in [-0.15, -0.1) is 0 Å². The molecule has 6 rings (SSSR count). The SMILES string of the molecule is CC.CC.CC.CC.O=C(Cl)c1ccc2c(c1)S(=O)(=O)c1cc(C(=O)Cl)ccc1C2=O.O=C(Cl)c1ccc2c(c1)S(=O)(=O)c1ccccc1C2=O. The van der Waals surface area contributed by atoms with Crippen LogP contribution in [0.2, 0.25) is 0 Å². The number of sulfone groups is 2. The van der Waals surface area contributed by atoms with E-state index in [1.54, 1.807) is 12.1 Å². The number of fused-ring (bicyclic) bond motifs is 4. The number of benzene rings is 4. The molecule has 0 bridgehead atoms. The van der Waals surface area contributed by atoms with E-state index in [0.717, 1.165) is 18.2 Å². The van der Waals surface area contributed by atoms with Crippen LogP contribution in [0.5, 0.6) is 0 Å². The Morgan fingerprint density at radius 2 is 0.667 bits per heavy atom. The summed E-state index contributed by atoms with van der Waals surface area (Å²) in [6, 6.07) is 17.0. The molecule has 2 heterocycles. The highest BCUT2D eigenvalue weighted by molar-refractivity contribution is 7.92. The van der Waals surface area contributed by atoms with Crippen molar-refractivity contribution in [2.45, 2.75) is 75.0 Å². The molecule has 0 N–H and O–H groups in total. The summed E-state index contributed by atoms with van der Waals surface area (Å²) in [6.45, 7) is 16.0. The van der Waals surface area contributed by atoms with Gasteiger partial charge < -0.3 is 0 Å². The highest BCUT2D eigenvalue weighted by Crippen LogP contribution is 2.37. The van der Waals surface area contributed by atoms with Gasteiger partial charge in [-0.3, -0.25) is 24.0 Å². The van der Waals surface area contributed by atoms with Crippen LogP contribution in [0.1, 0.15) is 118 Å². The number of carbonyl (C=O) groups is 5. The lowest BCUT2D eigenvalue weighted by Crippen LogP contribution is -2.21. The Bertz CT molecular complexity index is 2120. The molecule has 2 aliphatic heterocycles. The quantitative estimate of drug-likeness (QED) is 0.159. The Balaban J connectivity index is 0.000000429. The van der Waals surface area contributed by atoms with Crippen LogP contribution >= 0.6 is 34.8 Å². The van der Waals surface area contributed by atoms with Crippen LogP contribution in [-0.2, 0) is 19.7 Å². The van der Waals surface area contributed by atoms with Crippen LogP contribution in [0.3, 0.4) is 0 Å². The van der Waals surface area contributed by atoms with Crippen molar-refractivity contribution in [2.24, 2.45) is 0 Å². The summed E-state index contributed by atoms with van der Waals surface area (Å²) < 4.78 is 50.5. The fourth-order valence-electron chi connectivity index (χ4n) is 4.58. The van der Waals surface area contributed by atoms with Crippen LogP contribution in [0.15, 0.2) is 98.4 Å². The van der Waals surface area contributed by atoms with Gasteiger partial charge in [-0.2, -0.15) is 0 Å². The zero-order chi connectivity index (χ0) is 39.4. The Hall–Kier alpha value is -4.00. The van der Waals surface area contributed by atoms with E-state index in [2.05, 4.69) is 0 Å². The number of halogens is 3. The molecule has 0 radical (unpaired) electrons. The lowest BCUT2D eigenvalue weighted by atomic mass is 10.00. The maximum Gasteiger partial charge on any atom is 0.252 e. The van der Waals surface area contributed by atoms with Crippen LogP contribution in [0.4, 0.5) is 0 Å². The molecular formula is C37H37Cl3O9S2. The Morgan fingerprint density at radius 1 is 0.412 bits per heavy atom. The molecule has 0 aliphatic carbocycles. The zero-order valence-electron chi connectivity index (χ0n) is 29.1. The molecule has 0 spiro atoms. The summed E-state index contributed by atoms with van der Waals surface area (Å²) in [6.07, 6.45) is 0. The molecule has 0 aromatic heterocycles. The van der Waals surface area contributed by atoms with E-state index < -0.39 is 41.2 Å². The van der Waals surface area contributed by atoms with Crippen molar-refractivity contribution >= 4 is 81.8 Å². The second kappa shape index (κ2) is 19.6. The van der Waals surface area contributed by atoms with Crippen LogP contribution < -0.4 is 0 Å². The number of rotatable bonds is 3. The molecule has 0 atom stereocenters. The fourth-order valence-corrected chi connectivity index (χ4v) is 8.31. The fraction of sp³-hybridized carbons (Fsp3) is 0.216. The number of carbonyl (C=O) groups excluding carboxylic acids is 5. The van der Waals surface area contributed by atoms with Gasteiger partial charge in [-0.25, -0.2) is 16.8 Å². The van der Waals surface area contributed by atoms with Crippen molar-refractivity contribution in [2.75, 3.05) is 0 Å². The third-order valence-electron chi connectivity index (χ3n) is 6.65. The molecule has 4 aromatic rings. The average molecular weight is 796 g/mol. The van der Waals surface area contributed by atoms with E-state index in [1.807, 2.05) is 55.4 Å². The van der Waals surface area contributed by atoms with Gasteiger partial charge in [-0.05, 0) is 102 Å². The van der Waals surface area contributed by atoms with Gasteiger partial charge >= 0.3 is 0 Å². The summed E-state index contributed by atoms with van der Waals surface area (Å²) >= 11 is 16.1. The summed E-state index contributed by atoms with van der Waals surface area (Å²) in [5.41, 5.74) is 0.0503. The first kappa shape index (κ1) is 45.0.